The minimum Gasteiger partial charge on any atom is -0.207 e. The molecule has 0 aliphatic carbocycles. The van der Waals surface area contributed by atoms with Gasteiger partial charge in [-0.05, 0) is 41.9 Å². The van der Waals surface area contributed by atoms with Crippen LogP contribution in [-0.2, 0) is 15.4 Å². The molecule has 3 nitrogen and oxygen atoms in total. The summed E-state index contributed by atoms with van der Waals surface area (Å²) in [5.41, 5.74) is 1.17. The molecule has 0 unspecified atom stereocenters. The Morgan fingerprint density at radius 3 is 2.10 bits per heavy atom. The quantitative estimate of drug-likeness (QED) is 0.794. The lowest BCUT2D eigenvalue weighted by atomic mass is 9.87. The second-order valence-electron chi connectivity index (χ2n) is 6.78. The number of halogens is 1. The predicted octanol–water partition coefficient (Wildman–Crippen LogP) is 3.62. The van der Waals surface area contributed by atoms with E-state index < -0.39 is 10.0 Å². The van der Waals surface area contributed by atoms with Gasteiger partial charge >= 0.3 is 0 Å². The second-order valence-corrected chi connectivity index (χ2v) is 9.02. The summed E-state index contributed by atoms with van der Waals surface area (Å²) in [6.07, 6.45) is 1.70. The van der Waals surface area contributed by atoms with Gasteiger partial charge in [-0.3, -0.25) is 0 Å². The Bertz CT molecular complexity index is 567. The smallest absolute Gasteiger partial charge is 0.207 e. The van der Waals surface area contributed by atoms with Gasteiger partial charge in [0.2, 0.25) is 10.0 Å². The molecule has 1 saturated heterocycles. The average molecular weight is 330 g/mol. The monoisotopic (exact) mass is 329 g/mol. The molecule has 0 saturated carbocycles. The molecule has 5 heteroatoms. The third-order valence-electron chi connectivity index (χ3n) is 4.15. The van der Waals surface area contributed by atoms with Crippen LogP contribution in [0.1, 0.15) is 39.2 Å². The summed E-state index contributed by atoms with van der Waals surface area (Å²) >= 11 is 5.85. The zero-order valence-electron chi connectivity index (χ0n) is 13.0. The van der Waals surface area contributed by atoms with Crippen LogP contribution in [0.15, 0.2) is 29.2 Å². The number of rotatable bonds is 3. The second kappa shape index (κ2) is 6.27. The van der Waals surface area contributed by atoms with Gasteiger partial charge in [0.25, 0.3) is 0 Å². The number of sulfonamides is 1. The van der Waals surface area contributed by atoms with Gasteiger partial charge < -0.3 is 0 Å². The first-order chi connectivity index (χ1) is 9.75. The van der Waals surface area contributed by atoms with Crippen LogP contribution in [0.3, 0.4) is 0 Å². The summed E-state index contributed by atoms with van der Waals surface area (Å²) in [5, 5.41) is 0. The van der Waals surface area contributed by atoms with Crippen LogP contribution >= 0.6 is 11.6 Å². The Labute approximate surface area is 133 Å². The zero-order valence-corrected chi connectivity index (χ0v) is 14.5. The minimum absolute atomic E-state index is 0.0288. The van der Waals surface area contributed by atoms with E-state index >= 15 is 0 Å². The molecule has 0 spiro atoms. The van der Waals surface area contributed by atoms with Gasteiger partial charge in [0.05, 0.1) is 4.90 Å². The maximum atomic E-state index is 12.6. The van der Waals surface area contributed by atoms with Crippen LogP contribution < -0.4 is 0 Å². The van der Waals surface area contributed by atoms with E-state index in [0.717, 1.165) is 18.4 Å². The molecule has 1 aliphatic heterocycles. The largest absolute Gasteiger partial charge is 0.243 e. The first-order valence-corrected chi connectivity index (χ1v) is 9.39. The van der Waals surface area contributed by atoms with E-state index in [1.165, 1.54) is 0 Å². The van der Waals surface area contributed by atoms with Gasteiger partial charge in [0.15, 0.2) is 0 Å². The highest BCUT2D eigenvalue weighted by molar-refractivity contribution is 7.89. The third kappa shape index (κ3) is 3.79. The molecule has 21 heavy (non-hydrogen) atoms. The van der Waals surface area contributed by atoms with Crippen molar-refractivity contribution in [2.45, 2.75) is 43.9 Å². The molecule has 1 aromatic carbocycles. The van der Waals surface area contributed by atoms with Crippen LogP contribution in [0, 0.1) is 5.92 Å². The number of hydrogen-bond acceptors (Lipinski definition) is 2. The normalized spacial score (nSPS) is 18.9. The van der Waals surface area contributed by atoms with Crippen molar-refractivity contribution in [2.24, 2.45) is 5.92 Å². The van der Waals surface area contributed by atoms with E-state index in [9.17, 15) is 8.42 Å². The predicted molar refractivity (Wildman–Crippen MR) is 87.3 cm³/mol. The highest BCUT2D eigenvalue weighted by Gasteiger charge is 2.29. The van der Waals surface area contributed by atoms with Crippen molar-refractivity contribution in [2.75, 3.05) is 19.0 Å². The van der Waals surface area contributed by atoms with Crippen molar-refractivity contribution in [1.29, 1.82) is 0 Å². The Kier molecular flexibility index (Phi) is 5.01. The summed E-state index contributed by atoms with van der Waals surface area (Å²) < 4.78 is 26.9. The first kappa shape index (κ1) is 16.8. The number of benzene rings is 1. The molecule has 0 N–H and O–H groups in total. The highest BCUT2D eigenvalue weighted by Crippen LogP contribution is 2.27. The van der Waals surface area contributed by atoms with Gasteiger partial charge in [0.1, 0.15) is 0 Å². The molecule has 0 radical (unpaired) electrons. The summed E-state index contributed by atoms with van der Waals surface area (Å²) in [4.78, 5) is 0.389. The van der Waals surface area contributed by atoms with E-state index in [4.69, 9.17) is 11.6 Å². The van der Waals surface area contributed by atoms with Crippen molar-refractivity contribution >= 4 is 21.6 Å². The third-order valence-corrected chi connectivity index (χ3v) is 6.50. The molecule has 1 aliphatic rings. The van der Waals surface area contributed by atoms with Crippen LogP contribution in [0.5, 0.6) is 0 Å². The zero-order chi connectivity index (χ0) is 15.7. The van der Waals surface area contributed by atoms with Gasteiger partial charge in [0, 0.05) is 19.0 Å². The first-order valence-electron chi connectivity index (χ1n) is 7.42. The van der Waals surface area contributed by atoms with Crippen LogP contribution in [0.2, 0.25) is 0 Å². The fourth-order valence-electron chi connectivity index (χ4n) is 2.58. The lowest BCUT2D eigenvalue weighted by molar-refractivity contribution is 0.290. The molecule has 0 atom stereocenters. The molecule has 118 valence electrons. The SMILES string of the molecule is CC(C)(C)c1ccc(S(=O)(=O)N2CCC(CCl)CC2)cc1. The van der Waals surface area contributed by atoms with Crippen molar-refractivity contribution in [3.8, 4) is 0 Å². The van der Waals surface area contributed by atoms with E-state index in [1.807, 2.05) is 12.1 Å². The molecule has 2 rings (SSSR count). The van der Waals surface area contributed by atoms with E-state index in [2.05, 4.69) is 20.8 Å². The number of nitrogens with zero attached hydrogens (tertiary/aromatic N) is 1. The summed E-state index contributed by atoms with van der Waals surface area (Å²) in [6, 6.07) is 7.28. The molecule has 0 aromatic heterocycles. The van der Waals surface area contributed by atoms with Crippen LogP contribution in [0.25, 0.3) is 0 Å². The Balaban J connectivity index is 2.17. The molecule has 1 aromatic rings. The lowest BCUT2D eigenvalue weighted by Crippen LogP contribution is -2.38. The van der Waals surface area contributed by atoms with E-state index in [1.54, 1.807) is 16.4 Å². The van der Waals surface area contributed by atoms with Crippen molar-refractivity contribution in [3.63, 3.8) is 0 Å². The van der Waals surface area contributed by atoms with Gasteiger partial charge in [-0.15, -0.1) is 11.6 Å². The van der Waals surface area contributed by atoms with Crippen LogP contribution in [-0.4, -0.2) is 31.7 Å². The molecule has 0 amide bonds. The fraction of sp³-hybridized carbons (Fsp3) is 0.625. The summed E-state index contributed by atoms with van der Waals surface area (Å²) in [6.45, 7) is 7.50. The van der Waals surface area contributed by atoms with Crippen molar-refractivity contribution < 1.29 is 8.42 Å². The number of hydrogen-bond donors (Lipinski definition) is 0. The topological polar surface area (TPSA) is 37.4 Å². The van der Waals surface area contributed by atoms with Crippen LogP contribution in [0.4, 0.5) is 0 Å². The van der Waals surface area contributed by atoms with Crippen molar-refractivity contribution in [1.82, 2.24) is 4.31 Å². The maximum absolute atomic E-state index is 12.6. The van der Waals surface area contributed by atoms with Gasteiger partial charge in [-0.1, -0.05) is 32.9 Å². The van der Waals surface area contributed by atoms with Crippen molar-refractivity contribution in [3.05, 3.63) is 29.8 Å². The minimum atomic E-state index is -3.37. The average Bonchev–Trinajstić information content (AvgIpc) is 2.46. The molecular weight excluding hydrogens is 306 g/mol. The number of piperidine rings is 1. The lowest BCUT2D eigenvalue weighted by Gasteiger charge is -2.30. The summed E-state index contributed by atoms with van der Waals surface area (Å²) in [5.74, 6) is 1.06. The van der Waals surface area contributed by atoms with E-state index in [-0.39, 0.29) is 5.41 Å². The fourth-order valence-corrected chi connectivity index (χ4v) is 4.36. The Morgan fingerprint density at radius 2 is 1.67 bits per heavy atom. The van der Waals surface area contributed by atoms with E-state index in [0.29, 0.717) is 29.8 Å². The van der Waals surface area contributed by atoms with Gasteiger partial charge in [-0.2, -0.15) is 4.31 Å². The Morgan fingerprint density at radius 1 is 1.14 bits per heavy atom. The highest BCUT2D eigenvalue weighted by atomic mass is 35.5. The maximum Gasteiger partial charge on any atom is 0.243 e. The summed E-state index contributed by atoms with van der Waals surface area (Å²) in [7, 11) is -3.37. The Hall–Kier alpha value is -0.580. The molecule has 1 fully saturated rings. The number of alkyl halides is 1. The molecule has 0 bridgehead atoms. The molecule has 1 heterocycles. The van der Waals surface area contributed by atoms with Gasteiger partial charge in [-0.25, -0.2) is 8.42 Å². The standard InChI is InChI=1S/C16H24ClNO2S/c1-16(2,3)14-4-6-15(7-5-14)21(19,20)18-10-8-13(12-17)9-11-18/h4-7,13H,8-12H2,1-3H3. The molecular formula is C16H24ClNO2S.